The molecule has 8 heteroatoms. The molecule has 236 valence electrons. The van der Waals surface area contributed by atoms with Crippen molar-refractivity contribution in [2.45, 2.75) is 57.0 Å². The number of nitrogens with zero attached hydrogens (tertiary/aromatic N) is 2. The fourth-order valence-electron chi connectivity index (χ4n) is 6.95. The van der Waals surface area contributed by atoms with E-state index in [0.29, 0.717) is 17.5 Å². The predicted octanol–water partition coefficient (Wildman–Crippen LogP) is 5.64. The Bertz CT molecular complexity index is 1670. The summed E-state index contributed by atoms with van der Waals surface area (Å²) in [6.45, 7) is 1.99. The molecular formula is C38H38N2O6. The van der Waals surface area contributed by atoms with E-state index >= 15 is 0 Å². The predicted molar refractivity (Wildman–Crippen MR) is 173 cm³/mol. The van der Waals surface area contributed by atoms with Gasteiger partial charge in [-0.3, -0.25) is 19.4 Å². The van der Waals surface area contributed by atoms with Crippen molar-refractivity contribution in [1.82, 2.24) is 9.80 Å². The topological polar surface area (TPSA) is 99.5 Å². The zero-order valence-corrected chi connectivity index (χ0v) is 25.6. The van der Waals surface area contributed by atoms with Crippen LogP contribution < -0.4 is 0 Å². The lowest BCUT2D eigenvalue weighted by Gasteiger charge is -2.38. The molecule has 4 aromatic carbocycles. The van der Waals surface area contributed by atoms with Crippen LogP contribution in [0.1, 0.15) is 74.6 Å². The van der Waals surface area contributed by atoms with Gasteiger partial charge < -0.3 is 19.7 Å². The van der Waals surface area contributed by atoms with Gasteiger partial charge in [-0.2, -0.15) is 0 Å². The number of fused-ring (bicyclic) bond motifs is 1. The molecule has 0 unspecified atom stereocenters. The number of amides is 2. The highest BCUT2D eigenvalue weighted by Crippen LogP contribution is 2.39. The molecule has 2 saturated heterocycles. The number of hydrogen-bond acceptors (Lipinski definition) is 7. The quantitative estimate of drug-likeness (QED) is 0.234. The largest absolute Gasteiger partial charge is 0.395 e. The van der Waals surface area contributed by atoms with Crippen molar-refractivity contribution >= 4 is 11.8 Å². The molecule has 0 aromatic heterocycles. The first-order valence-electron chi connectivity index (χ1n) is 16.0. The Labute approximate surface area is 268 Å². The van der Waals surface area contributed by atoms with Crippen molar-refractivity contribution in [1.29, 1.82) is 0 Å². The van der Waals surface area contributed by atoms with Gasteiger partial charge >= 0.3 is 0 Å². The van der Waals surface area contributed by atoms with Crippen LogP contribution in [0.25, 0.3) is 11.1 Å². The Morgan fingerprint density at radius 3 is 2.07 bits per heavy atom. The molecule has 46 heavy (non-hydrogen) atoms. The summed E-state index contributed by atoms with van der Waals surface area (Å²) in [6.07, 6.45) is 1.89. The Morgan fingerprint density at radius 2 is 1.39 bits per heavy atom. The first-order valence-corrected chi connectivity index (χ1v) is 16.0. The van der Waals surface area contributed by atoms with Crippen LogP contribution in [0.3, 0.4) is 0 Å². The summed E-state index contributed by atoms with van der Waals surface area (Å²) in [7, 11) is 0. The number of aliphatic hydroxyl groups excluding tert-OH is 2. The minimum atomic E-state index is -0.584. The van der Waals surface area contributed by atoms with Gasteiger partial charge in [-0.05, 0) is 59.3 Å². The van der Waals surface area contributed by atoms with Crippen molar-refractivity contribution in [3.05, 3.63) is 130 Å². The fourth-order valence-corrected chi connectivity index (χ4v) is 6.95. The molecule has 4 aromatic rings. The van der Waals surface area contributed by atoms with Gasteiger partial charge in [0.25, 0.3) is 11.8 Å². The van der Waals surface area contributed by atoms with Crippen LogP contribution in [0, 0.1) is 0 Å². The summed E-state index contributed by atoms with van der Waals surface area (Å²) < 4.78 is 13.1. The number of carbonyl (C=O) groups excluding carboxylic acids is 2. The number of benzene rings is 4. The maximum Gasteiger partial charge on any atom is 0.261 e. The highest BCUT2D eigenvalue weighted by atomic mass is 16.7. The van der Waals surface area contributed by atoms with Gasteiger partial charge in [-0.15, -0.1) is 0 Å². The van der Waals surface area contributed by atoms with Gasteiger partial charge in [0.2, 0.25) is 0 Å². The van der Waals surface area contributed by atoms with Gasteiger partial charge in [0.1, 0.15) is 0 Å². The van der Waals surface area contributed by atoms with Gasteiger partial charge in [-0.25, -0.2) is 0 Å². The second kappa shape index (κ2) is 13.3. The van der Waals surface area contributed by atoms with Crippen LogP contribution in [-0.4, -0.2) is 63.7 Å². The van der Waals surface area contributed by atoms with Crippen LogP contribution in [0.15, 0.2) is 97.1 Å². The molecule has 2 N–H and O–H groups in total. The van der Waals surface area contributed by atoms with Crippen molar-refractivity contribution in [2.24, 2.45) is 0 Å². The van der Waals surface area contributed by atoms with Crippen LogP contribution >= 0.6 is 0 Å². The molecule has 0 saturated carbocycles. The number of carbonyl (C=O) groups is 2. The molecule has 7 rings (SSSR count). The highest BCUT2D eigenvalue weighted by Gasteiger charge is 2.37. The van der Waals surface area contributed by atoms with Gasteiger partial charge in [0.15, 0.2) is 6.29 Å². The molecule has 2 amide bonds. The molecule has 3 aliphatic rings. The number of ether oxygens (including phenoxy) is 2. The van der Waals surface area contributed by atoms with E-state index in [-0.39, 0.29) is 49.8 Å². The molecule has 2 fully saturated rings. The monoisotopic (exact) mass is 618 g/mol. The summed E-state index contributed by atoms with van der Waals surface area (Å²) in [6, 6.07) is 30.9. The standard InChI is InChI=1S/C38H38N2O6/c41-23-25-11-13-27(14-12-25)35-20-31(22-39-19-5-7-30(39)24-42)45-38(46-35)28-17-15-26(16-18-28)32-8-2-1-6-29(32)21-40-36(43)33-9-3-4-10-34(33)37(40)44/h1-4,6,8-18,30-31,35,38,41-42H,5,7,19-24H2/t30-,31-,35+,38+/m0/s1. The van der Waals surface area contributed by atoms with Gasteiger partial charge in [0, 0.05) is 24.6 Å². The molecule has 3 aliphatic heterocycles. The summed E-state index contributed by atoms with van der Waals surface area (Å²) in [5.41, 5.74) is 6.45. The summed E-state index contributed by atoms with van der Waals surface area (Å²) in [4.78, 5) is 29.8. The second-order valence-corrected chi connectivity index (χ2v) is 12.3. The Morgan fingerprint density at radius 1 is 0.739 bits per heavy atom. The van der Waals surface area contributed by atoms with Gasteiger partial charge in [-0.1, -0.05) is 84.9 Å². The van der Waals surface area contributed by atoms with Crippen molar-refractivity contribution < 1.29 is 29.3 Å². The Hall–Kier alpha value is -4.18. The van der Waals surface area contributed by atoms with E-state index in [1.165, 1.54) is 4.90 Å². The lowest BCUT2D eigenvalue weighted by atomic mass is 9.97. The smallest absolute Gasteiger partial charge is 0.261 e. The van der Waals surface area contributed by atoms with E-state index in [9.17, 15) is 19.8 Å². The van der Waals surface area contributed by atoms with E-state index in [4.69, 9.17) is 9.47 Å². The zero-order valence-electron chi connectivity index (χ0n) is 25.6. The minimum Gasteiger partial charge on any atom is -0.395 e. The van der Waals surface area contributed by atoms with Gasteiger partial charge in [0.05, 0.1) is 43.1 Å². The summed E-state index contributed by atoms with van der Waals surface area (Å²) in [5, 5.41) is 19.4. The molecule has 0 spiro atoms. The highest BCUT2D eigenvalue weighted by molar-refractivity contribution is 6.21. The average molecular weight is 619 g/mol. The first-order chi connectivity index (χ1) is 22.5. The van der Waals surface area contributed by atoms with E-state index in [1.54, 1.807) is 24.3 Å². The van der Waals surface area contributed by atoms with Crippen molar-refractivity contribution in [3.8, 4) is 11.1 Å². The zero-order chi connectivity index (χ0) is 31.6. The lowest BCUT2D eigenvalue weighted by molar-refractivity contribution is -0.253. The molecule has 0 radical (unpaired) electrons. The van der Waals surface area contributed by atoms with E-state index < -0.39 is 6.29 Å². The fraction of sp³-hybridized carbons (Fsp3) is 0.316. The molecule has 0 aliphatic carbocycles. The number of hydrogen-bond donors (Lipinski definition) is 2. The van der Waals surface area contributed by atoms with Crippen LogP contribution in [-0.2, 0) is 22.6 Å². The molecule has 3 heterocycles. The van der Waals surface area contributed by atoms with Crippen LogP contribution in [0.2, 0.25) is 0 Å². The molecule has 4 atom stereocenters. The van der Waals surface area contributed by atoms with E-state index in [2.05, 4.69) is 4.90 Å². The van der Waals surface area contributed by atoms with Crippen molar-refractivity contribution in [2.75, 3.05) is 19.7 Å². The molecular weight excluding hydrogens is 580 g/mol. The number of aliphatic hydroxyl groups is 2. The maximum absolute atomic E-state index is 13.1. The van der Waals surface area contributed by atoms with E-state index in [0.717, 1.165) is 59.3 Å². The van der Waals surface area contributed by atoms with E-state index in [1.807, 2.05) is 72.8 Å². The minimum absolute atomic E-state index is 0.00848. The number of imide groups is 1. The van der Waals surface area contributed by atoms with Crippen LogP contribution in [0.4, 0.5) is 0 Å². The Balaban J connectivity index is 1.12. The Kier molecular flexibility index (Phi) is 8.80. The molecule has 8 nitrogen and oxygen atoms in total. The normalized spacial score (nSPS) is 23.2. The number of likely N-dealkylation sites (tertiary alicyclic amines) is 1. The summed E-state index contributed by atoms with van der Waals surface area (Å²) >= 11 is 0. The maximum atomic E-state index is 13.1. The third-order valence-electron chi connectivity index (χ3n) is 9.48. The summed E-state index contributed by atoms with van der Waals surface area (Å²) in [5.74, 6) is -0.543. The average Bonchev–Trinajstić information content (AvgIpc) is 3.66. The third-order valence-corrected chi connectivity index (χ3v) is 9.48. The second-order valence-electron chi connectivity index (χ2n) is 12.3. The SMILES string of the molecule is O=C1c2ccccc2C(=O)N1Cc1ccccc1-c1ccc([C@@H]2O[C@H](CN3CCC[C@H]3CO)C[C@H](c3ccc(CO)cc3)O2)cc1. The molecule has 0 bridgehead atoms. The van der Waals surface area contributed by atoms with Crippen LogP contribution in [0.5, 0.6) is 0 Å². The van der Waals surface area contributed by atoms with Crippen molar-refractivity contribution in [3.63, 3.8) is 0 Å². The third kappa shape index (κ3) is 6.02. The number of rotatable bonds is 9. The lowest BCUT2D eigenvalue weighted by Crippen LogP contribution is -2.42. The first kappa shape index (κ1) is 30.5.